The van der Waals surface area contributed by atoms with Gasteiger partial charge in [-0.2, -0.15) is 0 Å². The molecule has 0 saturated carbocycles. The summed E-state index contributed by atoms with van der Waals surface area (Å²) in [5.74, 6) is 1.22. The number of carbonyl (C=O) groups excluding carboxylic acids is 1. The van der Waals surface area contributed by atoms with Gasteiger partial charge in [0.05, 0.1) is 10.6 Å². The smallest absolute Gasteiger partial charge is 0.261 e. The molecule has 7 nitrogen and oxygen atoms in total. The number of phenolic OH excluding ortho intramolecular Hbond substituents is 1. The minimum atomic E-state index is -0.0174. The highest BCUT2D eigenvalue weighted by Crippen LogP contribution is 2.27. The van der Waals surface area contributed by atoms with Crippen molar-refractivity contribution in [3.05, 3.63) is 46.7 Å². The second-order valence-corrected chi connectivity index (χ2v) is 7.73. The molecule has 1 saturated heterocycles. The molecule has 1 aromatic heterocycles. The molecule has 1 aliphatic rings. The van der Waals surface area contributed by atoms with Crippen LogP contribution in [0.25, 0.3) is 0 Å². The minimum absolute atomic E-state index is 0. The maximum atomic E-state index is 11.9. The Labute approximate surface area is 199 Å². The molecule has 0 bridgehead atoms. The van der Waals surface area contributed by atoms with Crippen molar-refractivity contribution in [3.8, 4) is 5.75 Å². The van der Waals surface area contributed by atoms with Crippen LogP contribution in [0.2, 0.25) is 0 Å². The summed E-state index contributed by atoms with van der Waals surface area (Å²) in [6.07, 6.45) is 0.795. The zero-order valence-corrected chi connectivity index (χ0v) is 20.4. The number of halogens is 1. The van der Waals surface area contributed by atoms with Crippen LogP contribution in [0.1, 0.15) is 23.0 Å². The van der Waals surface area contributed by atoms with Gasteiger partial charge in [0.15, 0.2) is 5.96 Å². The highest BCUT2D eigenvalue weighted by molar-refractivity contribution is 14.0. The van der Waals surface area contributed by atoms with Crippen molar-refractivity contribution in [2.45, 2.75) is 13.3 Å². The summed E-state index contributed by atoms with van der Waals surface area (Å²) < 4.78 is 0. The van der Waals surface area contributed by atoms with Gasteiger partial charge in [-0.25, -0.2) is 0 Å². The maximum Gasteiger partial charge on any atom is 0.261 e. The summed E-state index contributed by atoms with van der Waals surface area (Å²) in [5.41, 5.74) is 0.885. The number of piperazine rings is 1. The first-order chi connectivity index (χ1) is 14.2. The molecule has 2 aromatic rings. The fraction of sp³-hybridized carbons (Fsp3) is 0.429. The summed E-state index contributed by atoms with van der Waals surface area (Å²) in [4.78, 5) is 21.9. The molecule has 0 radical (unpaired) electrons. The number of thiophene rings is 1. The van der Waals surface area contributed by atoms with E-state index in [1.54, 1.807) is 6.07 Å². The first-order valence-electron chi connectivity index (χ1n) is 10.1. The Kier molecular flexibility index (Phi) is 10.2. The number of para-hydroxylation sites is 2. The van der Waals surface area contributed by atoms with Crippen molar-refractivity contribution in [1.82, 2.24) is 15.5 Å². The molecule has 0 unspecified atom stereocenters. The second-order valence-electron chi connectivity index (χ2n) is 6.79. The minimum Gasteiger partial charge on any atom is -0.506 e. The van der Waals surface area contributed by atoms with Gasteiger partial charge in [-0.1, -0.05) is 18.2 Å². The Morgan fingerprint density at radius 2 is 1.90 bits per heavy atom. The SMILES string of the molecule is CCNC(=NCCCNC(=O)c1cccs1)N1CCN(c2ccccc2O)CC1.I. The number of nitrogens with one attached hydrogen (secondary N) is 2. The van der Waals surface area contributed by atoms with Gasteiger partial charge in [0.1, 0.15) is 5.75 Å². The van der Waals surface area contributed by atoms with Gasteiger partial charge < -0.3 is 25.5 Å². The Balaban J connectivity index is 0.00000320. The lowest BCUT2D eigenvalue weighted by molar-refractivity contribution is 0.0957. The third-order valence-corrected chi connectivity index (χ3v) is 5.63. The van der Waals surface area contributed by atoms with Gasteiger partial charge >= 0.3 is 0 Å². The van der Waals surface area contributed by atoms with E-state index in [9.17, 15) is 9.90 Å². The van der Waals surface area contributed by atoms with Crippen molar-refractivity contribution in [1.29, 1.82) is 0 Å². The van der Waals surface area contributed by atoms with Gasteiger partial charge in [-0.3, -0.25) is 9.79 Å². The van der Waals surface area contributed by atoms with E-state index in [0.717, 1.165) is 55.7 Å². The number of aromatic hydroxyl groups is 1. The first kappa shape index (κ1) is 24.3. The average Bonchev–Trinajstić information content (AvgIpc) is 3.28. The quantitative estimate of drug-likeness (QED) is 0.217. The molecule has 2 heterocycles. The summed E-state index contributed by atoms with van der Waals surface area (Å²) in [6, 6.07) is 11.2. The molecule has 0 atom stereocenters. The monoisotopic (exact) mass is 543 g/mol. The molecule has 1 fully saturated rings. The van der Waals surface area contributed by atoms with Crippen LogP contribution in [0.15, 0.2) is 46.8 Å². The average molecular weight is 543 g/mol. The number of benzene rings is 1. The van der Waals surface area contributed by atoms with Crippen LogP contribution in [0, 0.1) is 0 Å². The zero-order chi connectivity index (χ0) is 20.5. The molecule has 9 heteroatoms. The number of nitrogens with zero attached hydrogens (tertiary/aromatic N) is 3. The molecule has 30 heavy (non-hydrogen) atoms. The number of rotatable bonds is 7. The molecule has 3 N–H and O–H groups in total. The largest absolute Gasteiger partial charge is 0.506 e. The molecular weight excluding hydrogens is 513 g/mol. The van der Waals surface area contributed by atoms with E-state index in [1.807, 2.05) is 35.7 Å². The summed E-state index contributed by atoms with van der Waals surface area (Å²) in [7, 11) is 0. The Bertz CT molecular complexity index is 807. The standard InChI is InChI=1S/C21H29N5O2S.HI/c1-2-22-21(24-11-6-10-23-20(28)19-9-5-16-29-19)26-14-12-25(13-15-26)17-7-3-4-8-18(17)27;/h3-5,7-9,16,27H,2,6,10-15H2,1H3,(H,22,24)(H,23,28);1H. The maximum absolute atomic E-state index is 11.9. The second kappa shape index (κ2) is 12.6. The van der Waals surface area contributed by atoms with Crippen LogP contribution in [0.5, 0.6) is 5.75 Å². The molecule has 0 aliphatic carbocycles. The molecule has 1 amide bonds. The van der Waals surface area contributed by atoms with Crippen molar-refractivity contribution < 1.29 is 9.90 Å². The molecular formula is C21H30IN5O2S. The van der Waals surface area contributed by atoms with Crippen molar-refractivity contribution in [2.75, 3.05) is 50.7 Å². The third kappa shape index (κ3) is 6.76. The lowest BCUT2D eigenvalue weighted by atomic mass is 10.2. The molecule has 1 aliphatic heterocycles. The molecule has 1 aromatic carbocycles. The van der Waals surface area contributed by atoms with Crippen molar-refractivity contribution in [2.24, 2.45) is 4.99 Å². The first-order valence-corrected chi connectivity index (χ1v) is 10.9. The lowest BCUT2D eigenvalue weighted by Gasteiger charge is -2.37. The Morgan fingerprint density at radius 3 is 2.57 bits per heavy atom. The third-order valence-electron chi connectivity index (χ3n) is 4.76. The summed E-state index contributed by atoms with van der Waals surface area (Å²) in [5, 5.41) is 18.3. The van der Waals surface area contributed by atoms with Crippen LogP contribution >= 0.6 is 35.3 Å². The van der Waals surface area contributed by atoms with Crippen LogP contribution in [-0.4, -0.2) is 67.7 Å². The van der Waals surface area contributed by atoms with E-state index in [4.69, 9.17) is 4.99 Å². The van der Waals surface area contributed by atoms with Crippen LogP contribution in [-0.2, 0) is 0 Å². The predicted octanol–water partition coefficient (Wildman–Crippen LogP) is 2.98. The van der Waals surface area contributed by atoms with E-state index in [0.29, 0.717) is 18.8 Å². The van der Waals surface area contributed by atoms with Gasteiger partial charge in [-0.05, 0) is 36.9 Å². The van der Waals surface area contributed by atoms with E-state index in [1.165, 1.54) is 11.3 Å². The number of hydrogen-bond donors (Lipinski definition) is 3. The zero-order valence-electron chi connectivity index (χ0n) is 17.2. The fourth-order valence-corrected chi connectivity index (χ4v) is 3.92. The highest BCUT2D eigenvalue weighted by Gasteiger charge is 2.21. The normalized spacial score (nSPS) is 14.2. The number of hydrogen-bond acceptors (Lipinski definition) is 5. The fourth-order valence-electron chi connectivity index (χ4n) is 3.28. The van der Waals surface area contributed by atoms with Gasteiger partial charge in [-0.15, -0.1) is 35.3 Å². The number of anilines is 1. The van der Waals surface area contributed by atoms with Gasteiger partial charge in [0.25, 0.3) is 5.91 Å². The predicted molar refractivity (Wildman–Crippen MR) is 135 cm³/mol. The summed E-state index contributed by atoms with van der Waals surface area (Å²) >= 11 is 1.45. The van der Waals surface area contributed by atoms with Gasteiger partial charge in [0.2, 0.25) is 0 Å². The van der Waals surface area contributed by atoms with Crippen LogP contribution < -0.4 is 15.5 Å². The number of amides is 1. The molecule has 0 spiro atoms. The highest BCUT2D eigenvalue weighted by atomic mass is 127. The van der Waals surface area contributed by atoms with Crippen LogP contribution in [0.3, 0.4) is 0 Å². The Morgan fingerprint density at radius 1 is 1.13 bits per heavy atom. The van der Waals surface area contributed by atoms with Crippen LogP contribution in [0.4, 0.5) is 5.69 Å². The summed E-state index contributed by atoms with van der Waals surface area (Å²) in [6.45, 7) is 7.50. The number of carbonyl (C=O) groups is 1. The van der Waals surface area contributed by atoms with E-state index < -0.39 is 0 Å². The van der Waals surface area contributed by atoms with Crippen molar-refractivity contribution >= 4 is 52.9 Å². The van der Waals surface area contributed by atoms with Crippen molar-refractivity contribution in [3.63, 3.8) is 0 Å². The van der Waals surface area contributed by atoms with E-state index >= 15 is 0 Å². The molecule has 164 valence electrons. The molecule has 3 rings (SSSR count). The topological polar surface area (TPSA) is 80.2 Å². The van der Waals surface area contributed by atoms with E-state index in [-0.39, 0.29) is 29.9 Å². The van der Waals surface area contributed by atoms with E-state index in [2.05, 4.69) is 27.4 Å². The Hall–Kier alpha value is -2.01. The number of guanidine groups is 1. The van der Waals surface area contributed by atoms with Gasteiger partial charge in [0, 0.05) is 45.8 Å². The lowest BCUT2D eigenvalue weighted by Crippen LogP contribution is -2.52. The number of phenols is 1. The number of aliphatic imine (C=N–C) groups is 1.